The second kappa shape index (κ2) is 4.78. The van der Waals surface area contributed by atoms with E-state index in [1.807, 2.05) is 0 Å². The zero-order valence-corrected chi connectivity index (χ0v) is 11.0. The molecular weight excluding hydrogens is 238 g/mol. The van der Waals surface area contributed by atoms with Gasteiger partial charge >= 0.3 is 0 Å². The van der Waals surface area contributed by atoms with Gasteiger partial charge in [-0.15, -0.1) is 0 Å². The van der Waals surface area contributed by atoms with Crippen molar-refractivity contribution in [3.8, 4) is 0 Å². The Labute approximate surface area is 102 Å². The predicted molar refractivity (Wildman–Crippen MR) is 65.0 cm³/mol. The molecule has 6 heteroatoms. The standard InChI is InChI=1S/C11H19N3O2S/c1-8-3-4-10(5-8)6-13-17(15,16)11-7-12-9(2)14-11/h7-8,10,13H,3-6H2,1-2H3,(H,12,14). The van der Waals surface area contributed by atoms with Gasteiger partial charge in [0.05, 0.1) is 6.20 Å². The van der Waals surface area contributed by atoms with Crippen LogP contribution in [0, 0.1) is 18.8 Å². The molecule has 1 heterocycles. The first-order chi connectivity index (χ1) is 7.97. The quantitative estimate of drug-likeness (QED) is 0.857. The number of imidazole rings is 1. The lowest BCUT2D eigenvalue weighted by molar-refractivity contribution is 0.497. The van der Waals surface area contributed by atoms with Gasteiger partial charge in [-0.1, -0.05) is 13.3 Å². The summed E-state index contributed by atoms with van der Waals surface area (Å²) in [7, 11) is -3.41. The van der Waals surface area contributed by atoms with Crippen molar-refractivity contribution in [2.75, 3.05) is 6.54 Å². The first-order valence-corrected chi connectivity index (χ1v) is 7.47. The van der Waals surface area contributed by atoms with Crippen molar-refractivity contribution >= 4 is 10.0 Å². The van der Waals surface area contributed by atoms with Crippen molar-refractivity contribution in [2.24, 2.45) is 11.8 Å². The summed E-state index contributed by atoms with van der Waals surface area (Å²) in [6.45, 7) is 4.48. The van der Waals surface area contributed by atoms with E-state index >= 15 is 0 Å². The molecule has 0 saturated heterocycles. The number of aryl methyl sites for hydroxylation is 1. The molecule has 96 valence electrons. The minimum atomic E-state index is -3.41. The summed E-state index contributed by atoms with van der Waals surface area (Å²) in [4.78, 5) is 6.64. The van der Waals surface area contributed by atoms with Gasteiger partial charge < -0.3 is 4.98 Å². The lowest BCUT2D eigenvalue weighted by atomic mass is 10.1. The fourth-order valence-corrected chi connectivity index (χ4v) is 3.43. The van der Waals surface area contributed by atoms with Crippen LogP contribution in [0.1, 0.15) is 32.0 Å². The Bertz CT molecular complexity index is 481. The van der Waals surface area contributed by atoms with Gasteiger partial charge in [0, 0.05) is 6.54 Å². The Morgan fingerprint density at radius 1 is 1.53 bits per heavy atom. The highest BCUT2D eigenvalue weighted by Crippen LogP contribution is 2.29. The molecule has 5 nitrogen and oxygen atoms in total. The highest BCUT2D eigenvalue weighted by atomic mass is 32.2. The van der Waals surface area contributed by atoms with Crippen LogP contribution >= 0.6 is 0 Å². The number of rotatable bonds is 4. The van der Waals surface area contributed by atoms with Gasteiger partial charge in [-0.05, 0) is 31.6 Å². The minimum Gasteiger partial charge on any atom is -0.332 e. The van der Waals surface area contributed by atoms with Gasteiger partial charge in [-0.2, -0.15) is 0 Å². The minimum absolute atomic E-state index is 0.154. The Morgan fingerprint density at radius 3 is 2.82 bits per heavy atom. The maximum atomic E-state index is 11.9. The third kappa shape index (κ3) is 3.07. The number of nitrogens with one attached hydrogen (secondary N) is 2. The summed E-state index contributed by atoms with van der Waals surface area (Å²) in [5, 5.41) is 0.154. The van der Waals surface area contributed by atoms with Crippen LogP contribution in [0.15, 0.2) is 11.2 Å². The Hall–Kier alpha value is -0.880. The molecule has 1 fully saturated rings. The summed E-state index contributed by atoms with van der Waals surface area (Å²) in [5.41, 5.74) is 0. The second-order valence-corrected chi connectivity index (χ2v) is 6.70. The lowest BCUT2D eigenvalue weighted by Gasteiger charge is -2.10. The normalized spacial score (nSPS) is 25.3. The molecule has 1 aromatic heterocycles. The van der Waals surface area contributed by atoms with E-state index in [4.69, 9.17) is 0 Å². The number of hydrogen-bond donors (Lipinski definition) is 2. The van der Waals surface area contributed by atoms with Gasteiger partial charge in [0.25, 0.3) is 10.0 Å². The zero-order valence-electron chi connectivity index (χ0n) is 10.2. The van der Waals surface area contributed by atoms with Crippen LogP contribution in [0.25, 0.3) is 0 Å². The first-order valence-electron chi connectivity index (χ1n) is 5.98. The molecule has 2 rings (SSSR count). The smallest absolute Gasteiger partial charge is 0.257 e. The van der Waals surface area contributed by atoms with Crippen LogP contribution in [-0.4, -0.2) is 24.9 Å². The molecule has 2 unspecified atom stereocenters. The van der Waals surface area contributed by atoms with Crippen LogP contribution in [0.5, 0.6) is 0 Å². The molecule has 1 aliphatic carbocycles. The number of hydrogen-bond acceptors (Lipinski definition) is 3. The van der Waals surface area contributed by atoms with Crippen molar-refractivity contribution in [1.82, 2.24) is 14.7 Å². The van der Waals surface area contributed by atoms with E-state index in [-0.39, 0.29) is 5.03 Å². The van der Waals surface area contributed by atoms with E-state index in [9.17, 15) is 8.42 Å². The number of aromatic nitrogens is 2. The molecule has 0 spiro atoms. The van der Waals surface area contributed by atoms with E-state index in [0.717, 1.165) is 18.8 Å². The molecule has 0 aromatic carbocycles. The largest absolute Gasteiger partial charge is 0.332 e. The highest BCUT2D eigenvalue weighted by molar-refractivity contribution is 7.89. The maximum absolute atomic E-state index is 11.9. The molecule has 0 bridgehead atoms. The molecule has 17 heavy (non-hydrogen) atoms. The average molecular weight is 257 g/mol. The third-order valence-electron chi connectivity index (χ3n) is 3.33. The van der Waals surface area contributed by atoms with Gasteiger partial charge in [-0.25, -0.2) is 18.1 Å². The molecule has 0 aliphatic heterocycles. The van der Waals surface area contributed by atoms with Gasteiger partial charge in [0.2, 0.25) is 0 Å². The van der Waals surface area contributed by atoms with Crippen LogP contribution in [0.4, 0.5) is 0 Å². The fourth-order valence-electron chi connectivity index (χ4n) is 2.35. The molecule has 1 aliphatic rings. The van der Waals surface area contributed by atoms with Crippen molar-refractivity contribution in [3.63, 3.8) is 0 Å². The van der Waals surface area contributed by atoms with E-state index in [2.05, 4.69) is 21.6 Å². The highest BCUT2D eigenvalue weighted by Gasteiger charge is 2.24. The summed E-state index contributed by atoms with van der Waals surface area (Å²) >= 11 is 0. The van der Waals surface area contributed by atoms with Crippen molar-refractivity contribution < 1.29 is 8.42 Å². The molecule has 2 N–H and O–H groups in total. The van der Waals surface area contributed by atoms with Crippen LogP contribution in [0.3, 0.4) is 0 Å². The SMILES string of the molecule is Cc1ncc(S(=O)(=O)NCC2CCC(C)C2)[nH]1. The average Bonchev–Trinajstić information content (AvgIpc) is 2.85. The van der Waals surface area contributed by atoms with E-state index in [1.54, 1.807) is 6.92 Å². The Kier molecular flexibility index (Phi) is 3.53. The summed E-state index contributed by atoms with van der Waals surface area (Å²) < 4.78 is 26.5. The van der Waals surface area contributed by atoms with Gasteiger partial charge in [0.1, 0.15) is 5.82 Å². The molecular formula is C11H19N3O2S. The molecule has 1 aromatic rings. The van der Waals surface area contributed by atoms with Crippen molar-refractivity contribution in [3.05, 3.63) is 12.0 Å². The van der Waals surface area contributed by atoms with Crippen LogP contribution < -0.4 is 4.72 Å². The van der Waals surface area contributed by atoms with Gasteiger partial charge in [0.15, 0.2) is 5.03 Å². The number of nitrogens with zero attached hydrogens (tertiary/aromatic N) is 1. The molecule has 2 atom stereocenters. The fraction of sp³-hybridized carbons (Fsp3) is 0.727. The van der Waals surface area contributed by atoms with Crippen molar-refractivity contribution in [1.29, 1.82) is 0 Å². The zero-order chi connectivity index (χ0) is 12.5. The number of aromatic amines is 1. The van der Waals surface area contributed by atoms with E-state index in [1.165, 1.54) is 12.6 Å². The summed E-state index contributed by atoms with van der Waals surface area (Å²) in [5.74, 6) is 1.81. The van der Waals surface area contributed by atoms with Crippen LogP contribution in [0.2, 0.25) is 0 Å². The Morgan fingerprint density at radius 2 is 2.29 bits per heavy atom. The number of sulfonamides is 1. The lowest BCUT2D eigenvalue weighted by Crippen LogP contribution is -2.28. The van der Waals surface area contributed by atoms with E-state index < -0.39 is 10.0 Å². The predicted octanol–water partition coefficient (Wildman–Crippen LogP) is 1.43. The van der Waals surface area contributed by atoms with Crippen LogP contribution in [-0.2, 0) is 10.0 Å². The maximum Gasteiger partial charge on any atom is 0.257 e. The third-order valence-corrected chi connectivity index (χ3v) is 4.67. The first kappa shape index (κ1) is 12.6. The van der Waals surface area contributed by atoms with Crippen molar-refractivity contribution in [2.45, 2.75) is 38.1 Å². The van der Waals surface area contributed by atoms with E-state index in [0.29, 0.717) is 18.3 Å². The second-order valence-electron chi connectivity index (χ2n) is 4.97. The summed E-state index contributed by atoms with van der Waals surface area (Å²) in [6.07, 6.45) is 4.79. The molecule has 1 saturated carbocycles. The number of H-pyrrole nitrogens is 1. The Balaban J connectivity index is 1.94. The monoisotopic (exact) mass is 257 g/mol. The summed E-state index contributed by atoms with van der Waals surface area (Å²) in [6, 6.07) is 0. The topological polar surface area (TPSA) is 74.8 Å². The molecule has 0 radical (unpaired) electrons. The van der Waals surface area contributed by atoms with Gasteiger partial charge in [-0.3, -0.25) is 0 Å². The molecule has 0 amide bonds.